The Bertz CT molecular complexity index is 545. The van der Waals surface area contributed by atoms with Gasteiger partial charge in [0.05, 0.1) is 4.90 Å². The number of likely N-dealkylation sites (N-methyl/N-ethyl adjacent to an activating group) is 2. The van der Waals surface area contributed by atoms with E-state index in [1.165, 1.54) is 10.4 Å². The van der Waals surface area contributed by atoms with Crippen LogP contribution in [0.1, 0.15) is 12.8 Å². The summed E-state index contributed by atoms with van der Waals surface area (Å²) >= 11 is 0. The topological polar surface area (TPSA) is 66.6 Å². The lowest BCUT2D eigenvalue weighted by atomic mass is 10.1. The first-order chi connectivity index (χ1) is 8.91. The second kappa shape index (κ2) is 5.48. The molecule has 1 heterocycles. The fourth-order valence-corrected chi connectivity index (χ4v) is 3.91. The summed E-state index contributed by atoms with van der Waals surface area (Å²) in [4.78, 5) is 2.43. The summed E-state index contributed by atoms with van der Waals surface area (Å²) in [7, 11) is 0.218. The van der Waals surface area contributed by atoms with Crippen LogP contribution in [0.5, 0.6) is 0 Å². The third-order valence-electron chi connectivity index (χ3n) is 3.65. The van der Waals surface area contributed by atoms with Crippen molar-refractivity contribution < 1.29 is 8.42 Å². The molecule has 0 radical (unpaired) electrons. The van der Waals surface area contributed by atoms with Gasteiger partial charge in [-0.2, -0.15) is 4.31 Å². The Morgan fingerprint density at radius 3 is 2.79 bits per heavy atom. The average Bonchev–Trinajstić information content (AvgIpc) is 2.38. The molecule has 0 aliphatic carbocycles. The van der Waals surface area contributed by atoms with Gasteiger partial charge in [-0.15, -0.1) is 0 Å². The lowest BCUT2D eigenvalue weighted by Gasteiger charge is -2.35. The van der Waals surface area contributed by atoms with Gasteiger partial charge in [0, 0.05) is 25.3 Å². The van der Waals surface area contributed by atoms with Crippen LogP contribution in [-0.2, 0) is 10.0 Å². The molecule has 1 aromatic rings. The zero-order chi connectivity index (χ0) is 14.0. The minimum Gasteiger partial charge on any atom is -0.399 e. The van der Waals surface area contributed by atoms with Gasteiger partial charge >= 0.3 is 0 Å². The molecule has 1 saturated heterocycles. The quantitative estimate of drug-likeness (QED) is 0.840. The van der Waals surface area contributed by atoms with Crippen molar-refractivity contribution in [1.29, 1.82) is 0 Å². The molecule has 5 nitrogen and oxygen atoms in total. The predicted octanol–water partition coefficient (Wildman–Crippen LogP) is 0.983. The molecule has 6 heteroatoms. The van der Waals surface area contributed by atoms with Crippen LogP contribution >= 0.6 is 0 Å². The van der Waals surface area contributed by atoms with Crippen molar-refractivity contribution in [2.75, 3.05) is 32.9 Å². The SMILES string of the molecule is CN1CCCC(N(C)S(=O)(=O)c2cccc(N)c2)C1. The second-order valence-corrected chi connectivity index (χ2v) is 7.15. The summed E-state index contributed by atoms with van der Waals surface area (Å²) in [5.74, 6) is 0. The fraction of sp³-hybridized carbons (Fsp3) is 0.538. The highest BCUT2D eigenvalue weighted by Gasteiger charge is 2.30. The summed E-state index contributed by atoms with van der Waals surface area (Å²) in [6.45, 7) is 1.81. The molecule has 0 aromatic heterocycles. The Labute approximate surface area is 115 Å². The Balaban J connectivity index is 2.24. The molecule has 1 unspecified atom stereocenters. The van der Waals surface area contributed by atoms with Crippen LogP contribution in [0.2, 0.25) is 0 Å². The monoisotopic (exact) mass is 283 g/mol. The summed E-state index contributed by atoms with van der Waals surface area (Å²) in [5, 5.41) is 0. The van der Waals surface area contributed by atoms with Gasteiger partial charge in [0.1, 0.15) is 0 Å². The van der Waals surface area contributed by atoms with E-state index in [9.17, 15) is 8.42 Å². The molecule has 2 rings (SSSR count). The molecular formula is C13H21N3O2S. The fourth-order valence-electron chi connectivity index (χ4n) is 2.47. The van der Waals surface area contributed by atoms with E-state index >= 15 is 0 Å². The third-order valence-corrected chi connectivity index (χ3v) is 5.55. The largest absolute Gasteiger partial charge is 0.399 e. The Kier molecular flexibility index (Phi) is 4.13. The van der Waals surface area contributed by atoms with Gasteiger partial charge in [0.2, 0.25) is 10.0 Å². The van der Waals surface area contributed by atoms with Gasteiger partial charge in [-0.3, -0.25) is 0 Å². The van der Waals surface area contributed by atoms with Crippen molar-refractivity contribution in [1.82, 2.24) is 9.21 Å². The van der Waals surface area contributed by atoms with Crippen LogP contribution in [0.15, 0.2) is 29.2 Å². The number of piperidine rings is 1. The van der Waals surface area contributed by atoms with Gasteiger partial charge in [-0.05, 0) is 44.6 Å². The average molecular weight is 283 g/mol. The first-order valence-corrected chi connectivity index (χ1v) is 7.87. The summed E-state index contributed by atoms with van der Waals surface area (Å²) < 4.78 is 26.6. The summed E-state index contributed by atoms with van der Waals surface area (Å²) in [5.41, 5.74) is 6.13. The van der Waals surface area contributed by atoms with E-state index in [1.54, 1.807) is 25.2 Å². The molecule has 1 atom stereocenters. The number of rotatable bonds is 3. The molecule has 106 valence electrons. The Morgan fingerprint density at radius 2 is 2.16 bits per heavy atom. The normalized spacial score (nSPS) is 21.7. The van der Waals surface area contributed by atoms with E-state index in [-0.39, 0.29) is 10.9 Å². The van der Waals surface area contributed by atoms with Crippen molar-refractivity contribution in [3.63, 3.8) is 0 Å². The number of anilines is 1. The van der Waals surface area contributed by atoms with Crippen LogP contribution < -0.4 is 5.73 Å². The second-order valence-electron chi connectivity index (χ2n) is 5.15. The first-order valence-electron chi connectivity index (χ1n) is 6.43. The van der Waals surface area contributed by atoms with Gasteiger partial charge in [0.25, 0.3) is 0 Å². The molecule has 1 aliphatic rings. The number of likely N-dealkylation sites (tertiary alicyclic amines) is 1. The Morgan fingerprint density at radius 1 is 1.42 bits per heavy atom. The highest BCUT2D eigenvalue weighted by molar-refractivity contribution is 7.89. The standard InChI is InChI=1S/C13H21N3O2S/c1-15-8-4-6-12(10-15)16(2)19(17,18)13-7-3-5-11(14)9-13/h3,5,7,9,12H,4,6,8,10,14H2,1-2H3. The van der Waals surface area contributed by atoms with Gasteiger partial charge < -0.3 is 10.6 Å². The lowest BCUT2D eigenvalue weighted by Crippen LogP contribution is -2.47. The lowest BCUT2D eigenvalue weighted by molar-refractivity contribution is 0.187. The number of nitrogens with two attached hydrogens (primary N) is 1. The molecule has 19 heavy (non-hydrogen) atoms. The maximum atomic E-state index is 12.5. The summed E-state index contributed by atoms with van der Waals surface area (Å²) in [6.07, 6.45) is 1.93. The van der Waals surface area contributed by atoms with Gasteiger partial charge in [-0.25, -0.2) is 8.42 Å². The van der Waals surface area contributed by atoms with Crippen molar-refractivity contribution in [2.24, 2.45) is 0 Å². The van der Waals surface area contributed by atoms with Crippen molar-refractivity contribution in [3.8, 4) is 0 Å². The maximum Gasteiger partial charge on any atom is 0.243 e. The zero-order valence-electron chi connectivity index (χ0n) is 11.4. The first kappa shape index (κ1) is 14.3. The molecule has 2 N–H and O–H groups in total. The predicted molar refractivity (Wildman–Crippen MR) is 76.3 cm³/mol. The number of nitrogen functional groups attached to an aromatic ring is 1. The molecule has 0 spiro atoms. The third kappa shape index (κ3) is 3.08. The number of sulfonamides is 1. The number of benzene rings is 1. The number of nitrogens with zero attached hydrogens (tertiary/aromatic N) is 2. The van der Waals surface area contributed by atoms with Crippen LogP contribution in [0.4, 0.5) is 5.69 Å². The molecule has 1 fully saturated rings. The minimum atomic E-state index is -3.46. The van der Waals surface area contributed by atoms with E-state index in [4.69, 9.17) is 5.73 Å². The van der Waals surface area contributed by atoms with Crippen LogP contribution in [0.3, 0.4) is 0 Å². The molecule has 0 bridgehead atoms. The number of hydrogen-bond donors (Lipinski definition) is 1. The molecule has 1 aromatic carbocycles. The number of hydrogen-bond acceptors (Lipinski definition) is 4. The highest BCUT2D eigenvalue weighted by atomic mass is 32.2. The highest BCUT2D eigenvalue weighted by Crippen LogP contribution is 2.22. The van der Waals surface area contributed by atoms with Gasteiger partial charge in [0.15, 0.2) is 0 Å². The summed E-state index contributed by atoms with van der Waals surface area (Å²) in [6, 6.07) is 6.49. The van der Waals surface area contributed by atoms with Crippen LogP contribution in [0, 0.1) is 0 Å². The smallest absolute Gasteiger partial charge is 0.243 e. The van der Waals surface area contributed by atoms with Crippen molar-refractivity contribution in [3.05, 3.63) is 24.3 Å². The minimum absolute atomic E-state index is 0.0326. The van der Waals surface area contributed by atoms with Crippen molar-refractivity contribution in [2.45, 2.75) is 23.8 Å². The molecular weight excluding hydrogens is 262 g/mol. The van der Waals surface area contributed by atoms with E-state index in [1.807, 2.05) is 7.05 Å². The maximum absolute atomic E-state index is 12.5. The van der Waals surface area contributed by atoms with Gasteiger partial charge in [-0.1, -0.05) is 6.07 Å². The van der Waals surface area contributed by atoms with Crippen molar-refractivity contribution >= 4 is 15.7 Å². The van der Waals surface area contributed by atoms with E-state index < -0.39 is 10.0 Å². The zero-order valence-corrected chi connectivity index (χ0v) is 12.2. The molecule has 0 amide bonds. The Hall–Kier alpha value is -1.11. The molecule has 0 saturated carbocycles. The van der Waals surface area contributed by atoms with Crippen LogP contribution in [-0.4, -0.2) is 50.8 Å². The van der Waals surface area contributed by atoms with E-state index in [2.05, 4.69) is 4.90 Å². The van der Waals surface area contributed by atoms with E-state index in [0.29, 0.717) is 5.69 Å². The molecule has 1 aliphatic heterocycles. The van der Waals surface area contributed by atoms with Crippen LogP contribution in [0.25, 0.3) is 0 Å². The van der Waals surface area contributed by atoms with E-state index in [0.717, 1.165) is 25.9 Å².